The molecule has 4 atom stereocenters. The van der Waals surface area contributed by atoms with E-state index in [-0.39, 0.29) is 0 Å². The summed E-state index contributed by atoms with van der Waals surface area (Å²) in [6, 6.07) is 7.11. The van der Waals surface area contributed by atoms with Crippen LogP contribution in [0.2, 0.25) is 0 Å². The molecule has 2 saturated carbocycles. The van der Waals surface area contributed by atoms with Crippen molar-refractivity contribution in [1.82, 2.24) is 5.32 Å². The van der Waals surface area contributed by atoms with Gasteiger partial charge in [0.05, 0.1) is 6.61 Å². The van der Waals surface area contributed by atoms with Crippen LogP contribution in [0.1, 0.15) is 49.3 Å². The Labute approximate surface area is 121 Å². The van der Waals surface area contributed by atoms with Crippen molar-refractivity contribution in [2.24, 2.45) is 17.8 Å². The van der Waals surface area contributed by atoms with Gasteiger partial charge in [0.1, 0.15) is 5.75 Å². The maximum atomic E-state index is 6.25. The standard InChI is InChI=1S/C18H25NO/c1-19-17-8-7-16-15(17)3-2-4-18(16)20-11-14-10-12-5-6-13(14)9-12/h2-4,12-14,17,19H,5-11H2,1H3. The van der Waals surface area contributed by atoms with Gasteiger partial charge < -0.3 is 10.1 Å². The first-order chi connectivity index (χ1) is 9.85. The second kappa shape index (κ2) is 5.07. The molecule has 0 heterocycles. The maximum Gasteiger partial charge on any atom is 0.122 e. The van der Waals surface area contributed by atoms with Crippen LogP contribution in [0.5, 0.6) is 5.75 Å². The molecule has 0 spiro atoms. The lowest BCUT2D eigenvalue weighted by Crippen LogP contribution is -2.19. The monoisotopic (exact) mass is 271 g/mol. The van der Waals surface area contributed by atoms with Gasteiger partial charge >= 0.3 is 0 Å². The molecule has 1 aromatic rings. The molecule has 3 aliphatic carbocycles. The zero-order chi connectivity index (χ0) is 13.5. The zero-order valence-corrected chi connectivity index (χ0v) is 12.4. The van der Waals surface area contributed by atoms with Gasteiger partial charge in [0.15, 0.2) is 0 Å². The predicted molar refractivity (Wildman–Crippen MR) is 81.0 cm³/mol. The van der Waals surface area contributed by atoms with Gasteiger partial charge in [-0.2, -0.15) is 0 Å². The Kier molecular flexibility index (Phi) is 3.22. The molecule has 0 amide bonds. The minimum Gasteiger partial charge on any atom is -0.493 e. The summed E-state index contributed by atoms with van der Waals surface area (Å²) < 4.78 is 6.25. The fourth-order valence-electron chi connectivity index (χ4n) is 4.83. The summed E-state index contributed by atoms with van der Waals surface area (Å²) in [6.07, 6.45) is 8.19. The third-order valence-electron chi connectivity index (χ3n) is 5.91. The SMILES string of the molecule is CNC1CCc2c(OCC3CC4CCC3C4)cccc21. The lowest BCUT2D eigenvalue weighted by molar-refractivity contribution is 0.194. The molecule has 2 bridgehead atoms. The molecule has 4 rings (SSSR count). The van der Waals surface area contributed by atoms with Gasteiger partial charge in [-0.1, -0.05) is 18.6 Å². The highest BCUT2D eigenvalue weighted by molar-refractivity contribution is 5.45. The number of hydrogen-bond donors (Lipinski definition) is 1. The summed E-state index contributed by atoms with van der Waals surface area (Å²) in [7, 11) is 2.06. The Morgan fingerprint density at radius 1 is 1.20 bits per heavy atom. The van der Waals surface area contributed by atoms with E-state index in [9.17, 15) is 0 Å². The van der Waals surface area contributed by atoms with Crippen LogP contribution in [0.15, 0.2) is 18.2 Å². The highest BCUT2D eigenvalue weighted by Crippen LogP contribution is 2.48. The van der Waals surface area contributed by atoms with E-state index in [4.69, 9.17) is 4.74 Å². The first-order valence-corrected chi connectivity index (χ1v) is 8.27. The minimum absolute atomic E-state index is 0.524. The van der Waals surface area contributed by atoms with Crippen LogP contribution in [0.25, 0.3) is 0 Å². The first kappa shape index (κ1) is 12.7. The molecular weight excluding hydrogens is 246 g/mol. The Bertz CT molecular complexity index is 498. The summed E-state index contributed by atoms with van der Waals surface area (Å²) in [5.74, 6) is 3.96. The normalized spacial score (nSPS) is 34.5. The molecule has 2 fully saturated rings. The number of benzene rings is 1. The molecule has 2 heteroatoms. The van der Waals surface area contributed by atoms with Gasteiger partial charge in [0, 0.05) is 6.04 Å². The number of fused-ring (bicyclic) bond motifs is 3. The van der Waals surface area contributed by atoms with Crippen molar-refractivity contribution < 1.29 is 4.74 Å². The molecule has 20 heavy (non-hydrogen) atoms. The van der Waals surface area contributed by atoms with Crippen LogP contribution in [-0.2, 0) is 6.42 Å². The van der Waals surface area contributed by atoms with E-state index in [1.165, 1.54) is 43.2 Å². The fourth-order valence-corrected chi connectivity index (χ4v) is 4.83. The van der Waals surface area contributed by atoms with Crippen LogP contribution >= 0.6 is 0 Å². The molecular formula is C18H25NO. The van der Waals surface area contributed by atoms with Crippen LogP contribution in [-0.4, -0.2) is 13.7 Å². The second-order valence-electron chi connectivity index (χ2n) is 6.95. The molecule has 0 aromatic heterocycles. The van der Waals surface area contributed by atoms with Gasteiger partial charge in [0.25, 0.3) is 0 Å². The molecule has 1 N–H and O–H groups in total. The Hall–Kier alpha value is -1.02. The maximum absolute atomic E-state index is 6.25. The lowest BCUT2D eigenvalue weighted by Gasteiger charge is -2.22. The number of rotatable bonds is 4. The van der Waals surface area contributed by atoms with Crippen LogP contribution in [0, 0.1) is 17.8 Å². The molecule has 0 aliphatic heterocycles. The zero-order valence-electron chi connectivity index (χ0n) is 12.4. The summed E-state index contributed by atoms with van der Waals surface area (Å²) in [6.45, 7) is 0.946. The lowest BCUT2D eigenvalue weighted by atomic mass is 9.89. The molecule has 2 nitrogen and oxygen atoms in total. The van der Waals surface area contributed by atoms with E-state index in [0.29, 0.717) is 6.04 Å². The van der Waals surface area contributed by atoms with Crippen molar-refractivity contribution >= 4 is 0 Å². The van der Waals surface area contributed by atoms with Crippen molar-refractivity contribution in [3.8, 4) is 5.75 Å². The Morgan fingerprint density at radius 2 is 2.15 bits per heavy atom. The topological polar surface area (TPSA) is 21.3 Å². The number of hydrogen-bond acceptors (Lipinski definition) is 2. The predicted octanol–water partition coefficient (Wildman–Crippen LogP) is 3.71. The van der Waals surface area contributed by atoms with E-state index in [0.717, 1.165) is 36.5 Å². The Balaban J connectivity index is 1.46. The minimum atomic E-state index is 0.524. The number of nitrogens with one attached hydrogen (secondary N) is 1. The third kappa shape index (κ3) is 2.05. The average molecular weight is 271 g/mol. The third-order valence-corrected chi connectivity index (χ3v) is 5.91. The summed E-state index contributed by atoms with van der Waals surface area (Å²) in [4.78, 5) is 0. The van der Waals surface area contributed by atoms with Gasteiger partial charge in [-0.05, 0) is 74.1 Å². The van der Waals surface area contributed by atoms with Crippen LogP contribution in [0.4, 0.5) is 0 Å². The van der Waals surface area contributed by atoms with Crippen molar-refractivity contribution in [3.05, 3.63) is 29.3 Å². The van der Waals surface area contributed by atoms with Crippen LogP contribution in [0.3, 0.4) is 0 Å². The number of ether oxygens (including phenoxy) is 1. The van der Waals surface area contributed by atoms with Crippen molar-refractivity contribution in [3.63, 3.8) is 0 Å². The average Bonchev–Trinajstić information content (AvgIpc) is 3.19. The largest absolute Gasteiger partial charge is 0.493 e. The molecule has 0 saturated heterocycles. The molecule has 108 valence electrons. The first-order valence-electron chi connectivity index (χ1n) is 8.27. The van der Waals surface area contributed by atoms with E-state index in [1.54, 1.807) is 0 Å². The second-order valence-corrected chi connectivity index (χ2v) is 6.95. The summed E-state index contributed by atoms with van der Waals surface area (Å²) >= 11 is 0. The highest BCUT2D eigenvalue weighted by atomic mass is 16.5. The van der Waals surface area contributed by atoms with E-state index in [2.05, 4.69) is 30.6 Å². The Morgan fingerprint density at radius 3 is 2.90 bits per heavy atom. The summed E-state index contributed by atoms with van der Waals surface area (Å²) in [5, 5.41) is 3.41. The molecule has 1 aromatic carbocycles. The van der Waals surface area contributed by atoms with Gasteiger partial charge in [0.2, 0.25) is 0 Å². The fraction of sp³-hybridized carbons (Fsp3) is 0.667. The smallest absolute Gasteiger partial charge is 0.122 e. The highest BCUT2D eigenvalue weighted by Gasteiger charge is 2.39. The van der Waals surface area contributed by atoms with E-state index >= 15 is 0 Å². The molecule has 4 unspecified atom stereocenters. The summed E-state index contributed by atoms with van der Waals surface area (Å²) in [5.41, 5.74) is 2.91. The molecule has 0 radical (unpaired) electrons. The van der Waals surface area contributed by atoms with E-state index in [1.807, 2.05) is 0 Å². The van der Waals surface area contributed by atoms with Crippen molar-refractivity contribution in [2.75, 3.05) is 13.7 Å². The quantitative estimate of drug-likeness (QED) is 0.901. The van der Waals surface area contributed by atoms with Crippen molar-refractivity contribution in [2.45, 2.75) is 44.6 Å². The van der Waals surface area contributed by atoms with Gasteiger partial charge in [-0.15, -0.1) is 0 Å². The van der Waals surface area contributed by atoms with Gasteiger partial charge in [-0.25, -0.2) is 0 Å². The molecule has 3 aliphatic rings. The van der Waals surface area contributed by atoms with Crippen molar-refractivity contribution in [1.29, 1.82) is 0 Å². The van der Waals surface area contributed by atoms with E-state index < -0.39 is 0 Å². The van der Waals surface area contributed by atoms with Gasteiger partial charge in [-0.3, -0.25) is 0 Å². The van der Waals surface area contributed by atoms with Crippen LogP contribution < -0.4 is 10.1 Å².